The zero-order valence-corrected chi connectivity index (χ0v) is 13.9. The van der Waals surface area contributed by atoms with Crippen LogP contribution >= 0.6 is 11.3 Å². The zero-order chi connectivity index (χ0) is 15.7. The van der Waals surface area contributed by atoms with Crippen LogP contribution in [0.4, 0.5) is 5.13 Å². The number of likely N-dealkylation sites (tertiary alicyclic amines) is 1. The summed E-state index contributed by atoms with van der Waals surface area (Å²) in [6, 6.07) is 4.00. The highest BCUT2D eigenvalue weighted by Gasteiger charge is 2.49. The van der Waals surface area contributed by atoms with E-state index in [1.807, 2.05) is 35.5 Å². The van der Waals surface area contributed by atoms with Crippen LogP contribution in [0.3, 0.4) is 0 Å². The number of nitrogens with one attached hydrogen (secondary N) is 1. The van der Waals surface area contributed by atoms with E-state index >= 15 is 0 Å². The van der Waals surface area contributed by atoms with Crippen molar-refractivity contribution in [3.05, 3.63) is 41.2 Å². The van der Waals surface area contributed by atoms with Crippen LogP contribution in [0.25, 0.3) is 0 Å². The lowest BCUT2D eigenvalue weighted by atomic mass is 9.72. The average molecular weight is 316 g/mol. The highest BCUT2D eigenvalue weighted by molar-refractivity contribution is 7.13. The second-order valence-electron chi connectivity index (χ2n) is 6.18. The molecule has 5 nitrogen and oxygen atoms in total. The molecule has 1 fully saturated rings. The normalized spacial score (nSPS) is 19.6. The minimum absolute atomic E-state index is 0.00594. The second-order valence-corrected chi connectivity index (χ2v) is 7.04. The summed E-state index contributed by atoms with van der Waals surface area (Å²) in [7, 11) is 0. The molecule has 0 radical (unpaired) electrons. The van der Waals surface area contributed by atoms with Crippen molar-refractivity contribution in [2.24, 2.45) is 5.41 Å². The third-order valence-electron chi connectivity index (χ3n) is 3.94. The molecule has 1 amide bonds. The number of carbonyl (C=O) groups excluding carboxylic acids is 1. The van der Waals surface area contributed by atoms with Gasteiger partial charge in [-0.3, -0.25) is 9.78 Å². The van der Waals surface area contributed by atoms with Crippen molar-refractivity contribution in [2.75, 3.05) is 18.4 Å². The van der Waals surface area contributed by atoms with Gasteiger partial charge in [0.1, 0.15) is 5.69 Å². The molecule has 116 valence electrons. The van der Waals surface area contributed by atoms with E-state index in [1.54, 1.807) is 6.20 Å². The average Bonchev–Trinajstić information content (AvgIpc) is 2.94. The van der Waals surface area contributed by atoms with Crippen LogP contribution in [0.5, 0.6) is 0 Å². The molecular weight excluding hydrogens is 296 g/mol. The van der Waals surface area contributed by atoms with Crippen LogP contribution in [0.1, 0.15) is 42.9 Å². The summed E-state index contributed by atoms with van der Waals surface area (Å²) >= 11 is 1.47. The first-order valence-electron chi connectivity index (χ1n) is 7.43. The smallest absolute Gasteiger partial charge is 0.273 e. The summed E-state index contributed by atoms with van der Waals surface area (Å²) in [5, 5.41) is 5.76. The van der Waals surface area contributed by atoms with Crippen LogP contribution < -0.4 is 5.32 Å². The largest absolute Gasteiger partial charge is 0.362 e. The predicted molar refractivity (Wildman–Crippen MR) is 88.1 cm³/mol. The highest BCUT2D eigenvalue weighted by atomic mass is 32.1. The van der Waals surface area contributed by atoms with Crippen molar-refractivity contribution in [1.82, 2.24) is 14.9 Å². The first kappa shape index (κ1) is 15.0. The molecule has 3 rings (SSSR count). The first-order chi connectivity index (χ1) is 10.5. The fourth-order valence-corrected chi connectivity index (χ4v) is 3.79. The van der Waals surface area contributed by atoms with Crippen molar-refractivity contribution in [2.45, 2.75) is 26.8 Å². The van der Waals surface area contributed by atoms with Gasteiger partial charge in [0.05, 0.1) is 6.04 Å². The molecule has 1 atom stereocenters. The SMILES string of the molecule is CCNc1nc(C(=O)N2CC(C)(C)C2c2cccnc2)cs1. The molecule has 0 spiro atoms. The quantitative estimate of drug-likeness (QED) is 0.941. The van der Waals surface area contributed by atoms with Gasteiger partial charge in [0.15, 0.2) is 5.13 Å². The Bertz CT molecular complexity index is 668. The Kier molecular flexibility index (Phi) is 3.87. The summed E-state index contributed by atoms with van der Waals surface area (Å²) in [6.45, 7) is 7.91. The fourth-order valence-electron chi connectivity index (χ4n) is 3.04. The lowest BCUT2D eigenvalue weighted by Crippen LogP contribution is -2.57. The van der Waals surface area contributed by atoms with E-state index in [1.165, 1.54) is 11.3 Å². The number of thiazole rings is 1. The van der Waals surface area contributed by atoms with Crippen molar-refractivity contribution < 1.29 is 4.79 Å². The molecular formula is C16H20N4OS. The second kappa shape index (κ2) is 5.68. The molecule has 0 aromatic carbocycles. The molecule has 1 unspecified atom stereocenters. The van der Waals surface area contributed by atoms with Gasteiger partial charge in [0.2, 0.25) is 0 Å². The lowest BCUT2D eigenvalue weighted by molar-refractivity contribution is -0.0327. The van der Waals surface area contributed by atoms with E-state index in [0.717, 1.165) is 23.8 Å². The van der Waals surface area contributed by atoms with Gasteiger partial charge in [-0.15, -0.1) is 11.3 Å². The van der Waals surface area contributed by atoms with Crippen molar-refractivity contribution in [3.63, 3.8) is 0 Å². The Balaban J connectivity index is 1.83. The number of hydrogen-bond donors (Lipinski definition) is 1. The van der Waals surface area contributed by atoms with Crippen molar-refractivity contribution in [3.8, 4) is 0 Å². The molecule has 1 aliphatic heterocycles. The molecule has 0 aliphatic carbocycles. The van der Waals surface area contributed by atoms with E-state index in [9.17, 15) is 4.79 Å². The number of nitrogens with zero attached hydrogens (tertiary/aromatic N) is 3. The monoisotopic (exact) mass is 316 g/mol. The number of pyridine rings is 1. The van der Waals surface area contributed by atoms with Gasteiger partial charge in [0, 0.05) is 36.3 Å². The Hall–Kier alpha value is -1.95. The van der Waals surface area contributed by atoms with E-state index < -0.39 is 0 Å². The molecule has 1 aliphatic rings. The van der Waals surface area contributed by atoms with Crippen LogP contribution in [-0.4, -0.2) is 33.9 Å². The Morgan fingerprint density at radius 1 is 1.55 bits per heavy atom. The zero-order valence-electron chi connectivity index (χ0n) is 13.0. The summed E-state index contributed by atoms with van der Waals surface area (Å²) in [5.74, 6) is -0.00594. The van der Waals surface area contributed by atoms with Gasteiger partial charge in [-0.25, -0.2) is 4.98 Å². The van der Waals surface area contributed by atoms with Gasteiger partial charge in [-0.05, 0) is 18.6 Å². The van der Waals surface area contributed by atoms with Gasteiger partial charge in [0.25, 0.3) is 5.91 Å². The summed E-state index contributed by atoms with van der Waals surface area (Å²) in [6.07, 6.45) is 3.60. The number of carbonyl (C=O) groups is 1. The number of amides is 1. The number of rotatable bonds is 4. The summed E-state index contributed by atoms with van der Waals surface area (Å²) < 4.78 is 0. The Morgan fingerprint density at radius 2 is 2.36 bits per heavy atom. The summed E-state index contributed by atoms with van der Waals surface area (Å²) in [5.41, 5.74) is 1.65. The van der Waals surface area contributed by atoms with Crippen LogP contribution in [0, 0.1) is 5.41 Å². The standard InChI is InChI=1S/C16H20N4OS/c1-4-18-15-19-12(9-22-15)14(21)20-10-16(2,3)13(20)11-6-5-7-17-8-11/h5-9,13H,4,10H2,1-3H3,(H,18,19). The Labute approximate surface area is 134 Å². The fraction of sp³-hybridized carbons (Fsp3) is 0.438. The lowest BCUT2D eigenvalue weighted by Gasteiger charge is -2.54. The van der Waals surface area contributed by atoms with Crippen molar-refractivity contribution in [1.29, 1.82) is 0 Å². The van der Waals surface area contributed by atoms with Gasteiger partial charge in [-0.2, -0.15) is 0 Å². The van der Waals surface area contributed by atoms with Crippen LogP contribution in [-0.2, 0) is 0 Å². The van der Waals surface area contributed by atoms with Gasteiger partial charge in [-0.1, -0.05) is 19.9 Å². The third-order valence-corrected chi connectivity index (χ3v) is 4.74. The maximum Gasteiger partial charge on any atom is 0.273 e. The molecule has 2 aromatic rings. The Morgan fingerprint density at radius 3 is 3.00 bits per heavy atom. The molecule has 1 saturated heterocycles. The van der Waals surface area contributed by atoms with Crippen molar-refractivity contribution >= 4 is 22.4 Å². The maximum atomic E-state index is 12.7. The first-order valence-corrected chi connectivity index (χ1v) is 8.31. The minimum atomic E-state index is -0.00594. The molecule has 22 heavy (non-hydrogen) atoms. The van der Waals surface area contributed by atoms with Gasteiger partial charge < -0.3 is 10.2 Å². The van der Waals surface area contributed by atoms with Crippen LogP contribution in [0.2, 0.25) is 0 Å². The number of hydrogen-bond acceptors (Lipinski definition) is 5. The number of anilines is 1. The highest BCUT2D eigenvalue weighted by Crippen LogP contribution is 2.48. The molecule has 1 N–H and O–H groups in total. The van der Waals surface area contributed by atoms with E-state index in [2.05, 4.69) is 29.1 Å². The van der Waals surface area contributed by atoms with E-state index in [0.29, 0.717) is 5.69 Å². The topological polar surface area (TPSA) is 58.1 Å². The maximum absolute atomic E-state index is 12.7. The third kappa shape index (κ3) is 2.59. The van der Waals surface area contributed by atoms with E-state index in [4.69, 9.17) is 0 Å². The molecule has 3 heterocycles. The number of aromatic nitrogens is 2. The molecule has 0 saturated carbocycles. The molecule has 2 aromatic heterocycles. The predicted octanol–water partition coefficient (Wildman–Crippen LogP) is 3.19. The van der Waals surface area contributed by atoms with Gasteiger partial charge >= 0.3 is 0 Å². The minimum Gasteiger partial charge on any atom is -0.362 e. The molecule has 0 bridgehead atoms. The van der Waals surface area contributed by atoms with Crippen LogP contribution in [0.15, 0.2) is 29.9 Å². The summed E-state index contributed by atoms with van der Waals surface area (Å²) in [4.78, 5) is 23.2. The van der Waals surface area contributed by atoms with E-state index in [-0.39, 0.29) is 17.4 Å². The molecule has 6 heteroatoms.